The summed E-state index contributed by atoms with van der Waals surface area (Å²) in [6.07, 6.45) is 0. The van der Waals surface area contributed by atoms with E-state index in [1.807, 2.05) is 24.3 Å². The molecule has 1 heterocycles. The van der Waals surface area contributed by atoms with Gasteiger partial charge in [0.15, 0.2) is 5.82 Å². The third-order valence-electron chi connectivity index (χ3n) is 3.20. The fourth-order valence-electron chi connectivity index (χ4n) is 2.03. The van der Waals surface area contributed by atoms with Gasteiger partial charge in [0.25, 0.3) is 5.91 Å². The number of nitrogen functional groups attached to an aromatic ring is 1. The normalized spacial score (nSPS) is 10.5. The van der Waals surface area contributed by atoms with Crippen molar-refractivity contribution in [2.75, 3.05) is 5.73 Å². The van der Waals surface area contributed by atoms with Gasteiger partial charge in [-0.15, -0.1) is 0 Å². The summed E-state index contributed by atoms with van der Waals surface area (Å²) in [5, 5.41) is 9.78. The van der Waals surface area contributed by atoms with Gasteiger partial charge in [-0.3, -0.25) is 9.89 Å². The topological polar surface area (TPSA) is 96.7 Å². The molecule has 2 aromatic carbocycles. The predicted octanol–water partition coefficient (Wildman–Crippen LogP) is 2.75. The lowest BCUT2D eigenvalue weighted by Gasteiger charge is -2.03. The molecule has 1 aromatic heterocycles. The van der Waals surface area contributed by atoms with Crippen molar-refractivity contribution < 1.29 is 4.79 Å². The Morgan fingerprint density at radius 2 is 2.00 bits per heavy atom. The molecule has 4 N–H and O–H groups in total. The Kier molecular flexibility index (Phi) is 4.38. The number of anilines is 1. The van der Waals surface area contributed by atoms with Crippen LogP contribution in [-0.4, -0.2) is 21.1 Å². The Morgan fingerprint density at radius 3 is 2.74 bits per heavy atom. The van der Waals surface area contributed by atoms with E-state index in [0.717, 1.165) is 10.0 Å². The molecule has 0 fully saturated rings. The van der Waals surface area contributed by atoms with Gasteiger partial charge in [-0.05, 0) is 36.4 Å². The third-order valence-corrected chi connectivity index (χ3v) is 3.70. The highest BCUT2D eigenvalue weighted by molar-refractivity contribution is 9.10. The molecule has 3 rings (SSSR count). The van der Waals surface area contributed by atoms with E-state index in [1.54, 1.807) is 24.3 Å². The first kappa shape index (κ1) is 15.2. The number of benzene rings is 2. The minimum Gasteiger partial charge on any atom is -0.399 e. The molecule has 0 unspecified atom stereocenters. The molecule has 7 heteroatoms. The summed E-state index contributed by atoms with van der Waals surface area (Å²) in [6, 6.07) is 14.4. The standard InChI is InChI=1S/C16H14BrN5O/c17-12-3-1-2-11(8-12)15-20-14(21-22-15)9-19-16(23)10-4-6-13(18)7-5-10/h1-8H,9,18H2,(H,19,23)(H,20,21,22). The Balaban J connectivity index is 1.65. The lowest BCUT2D eigenvalue weighted by molar-refractivity contribution is 0.0950. The highest BCUT2D eigenvalue weighted by atomic mass is 79.9. The van der Waals surface area contributed by atoms with Crippen LogP contribution in [-0.2, 0) is 6.54 Å². The molecule has 0 atom stereocenters. The largest absolute Gasteiger partial charge is 0.399 e. The van der Waals surface area contributed by atoms with Crippen LogP contribution in [0.2, 0.25) is 0 Å². The fourth-order valence-corrected chi connectivity index (χ4v) is 2.43. The molecule has 0 spiro atoms. The third kappa shape index (κ3) is 3.75. The summed E-state index contributed by atoms with van der Waals surface area (Å²) in [4.78, 5) is 16.4. The van der Waals surface area contributed by atoms with Crippen LogP contribution in [0.25, 0.3) is 11.4 Å². The molecule has 116 valence electrons. The van der Waals surface area contributed by atoms with Crippen molar-refractivity contribution in [1.29, 1.82) is 0 Å². The minimum atomic E-state index is -0.189. The van der Waals surface area contributed by atoms with Crippen LogP contribution in [0.5, 0.6) is 0 Å². The SMILES string of the molecule is Nc1ccc(C(=O)NCc2nc(-c3cccc(Br)c3)n[nH]2)cc1. The molecule has 0 aliphatic carbocycles. The summed E-state index contributed by atoms with van der Waals surface area (Å²) < 4.78 is 0.956. The molecular weight excluding hydrogens is 358 g/mol. The molecule has 0 radical (unpaired) electrons. The van der Waals surface area contributed by atoms with Crippen LogP contribution in [0.3, 0.4) is 0 Å². The summed E-state index contributed by atoms with van der Waals surface area (Å²) in [6.45, 7) is 0.268. The Morgan fingerprint density at radius 1 is 1.22 bits per heavy atom. The number of aromatic amines is 1. The van der Waals surface area contributed by atoms with Gasteiger partial charge in [0.05, 0.1) is 6.54 Å². The maximum absolute atomic E-state index is 12.0. The van der Waals surface area contributed by atoms with Crippen LogP contribution >= 0.6 is 15.9 Å². The van der Waals surface area contributed by atoms with Crippen LogP contribution in [0.1, 0.15) is 16.2 Å². The van der Waals surface area contributed by atoms with E-state index in [-0.39, 0.29) is 12.5 Å². The number of nitrogens with zero attached hydrogens (tertiary/aromatic N) is 2. The van der Waals surface area contributed by atoms with Gasteiger partial charge in [-0.2, -0.15) is 5.10 Å². The van der Waals surface area contributed by atoms with Gasteiger partial charge < -0.3 is 11.1 Å². The zero-order valence-electron chi connectivity index (χ0n) is 12.1. The van der Waals surface area contributed by atoms with Gasteiger partial charge in [0.2, 0.25) is 0 Å². The minimum absolute atomic E-state index is 0.189. The Bertz CT molecular complexity index is 828. The number of rotatable bonds is 4. The van der Waals surface area contributed by atoms with E-state index in [2.05, 4.69) is 36.4 Å². The highest BCUT2D eigenvalue weighted by Gasteiger charge is 2.09. The van der Waals surface area contributed by atoms with Gasteiger partial charge >= 0.3 is 0 Å². The number of carbonyl (C=O) groups excluding carboxylic acids is 1. The van der Waals surface area contributed by atoms with Gasteiger partial charge in [0, 0.05) is 21.3 Å². The average molecular weight is 372 g/mol. The van der Waals surface area contributed by atoms with E-state index in [4.69, 9.17) is 5.73 Å². The second-order valence-electron chi connectivity index (χ2n) is 4.92. The Labute approximate surface area is 141 Å². The second-order valence-corrected chi connectivity index (χ2v) is 5.84. The van der Waals surface area contributed by atoms with Crippen LogP contribution < -0.4 is 11.1 Å². The maximum Gasteiger partial charge on any atom is 0.251 e. The molecule has 1 amide bonds. The molecule has 0 bridgehead atoms. The van der Waals surface area contributed by atoms with Crippen molar-refractivity contribution in [2.45, 2.75) is 6.54 Å². The lowest BCUT2D eigenvalue weighted by Crippen LogP contribution is -2.23. The lowest BCUT2D eigenvalue weighted by atomic mass is 10.2. The molecule has 0 saturated carbocycles. The fraction of sp³-hybridized carbons (Fsp3) is 0.0625. The first-order chi connectivity index (χ1) is 11.1. The summed E-state index contributed by atoms with van der Waals surface area (Å²) >= 11 is 3.42. The number of halogens is 1. The summed E-state index contributed by atoms with van der Waals surface area (Å²) in [5.41, 5.74) is 7.67. The van der Waals surface area contributed by atoms with Crippen molar-refractivity contribution in [3.8, 4) is 11.4 Å². The van der Waals surface area contributed by atoms with Crippen LogP contribution in [0, 0.1) is 0 Å². The van der Waals surface area contributed by atoms with Gasteiger partial charge in [-0.1, -0.05) is 28.1 Å². The van der Waals surface area contributed by atoms with Crippen molar-refractivity contribution in [3.63, 3.8) is 0 Å². The van der Waals surface area contributed by atoms with Crippen molar-refractivity contribution >= 4 is 27.5 Å². The smallest absolute Gasteiger partial charge is 0.251 e. The van der Waals surface area contributed by atoms with Crippen LogP contribution in [0.15, 0.2) is 53.0 Å². The summed E-state index contributed by atoms with van der Waals surface area (Å²) in [5.74, 6) is 0.984. The highest BCUT2D eigenvalue weighted by Crippen LogP contribution is 2.19. The van der Waals surface area contributed by atoms with E-state index in [0.29, 0.717) is 22.9 Å². The van der Waals surface area contributed by atoms with Crippen molar-refractivity contribution in [3.05, 3.63) is 64.4 Å². The quantitative estimate of drug-likeness (QED) is 0.614. The zero-order valence-corrected chi connectivity index (χ0v) is 13.7. The zero-order chi connectivity index (χ0) is 16.2. The molecule has 0 aliphatic rings. The van der Waals surface area contributed by atoms with Crippen LogP contribution in [0.4, 0.5) is 5.69 Å². The molecule has 0 aliphatic heterocycles. The van der Waals surface area contributed by atoms with Crippen molar-refractivity contribution in [2.24, 2.45) is 0 Å². The molecular formula is C16H14BrN5O. The Hall–Kier alpha value is -2.67. The number of nitrogens with one attached hydrogen (secondary N) is 2. The number of nitrogens with two attached hydrogens (primary N) is 1. The van der Waals surface area contributed by atoms with Gasteiger partial charge in [0.1, 0.15) is 5.82 Å². The molecule has 0 saturated heterocycles. The number of H-pyrrole nitrogens is 1. The maximum atomic E-state index is 12.0. The van der Waals surface area contributed by atoms with Gasteiger partial charge in [-0.25, -0.2) is 4.98 Å². The number of hydrogen-bond acceptors (Lipinski definition) is 4. The monoisotopic (exact) mass is 371 g/mol. The first-order valence-electron chi connectivity index (χ1n) is 6.93. The first-order valence-corrected chi connectivity index (χ1v) is 7.72. The molecule has 23 heavy (non-hydrogen) atoms. The number of aromatic nitrogens is 3. The predicted molar refractivity (Wildman–Crippen MR) is 91.5 cm³/mol. The van der Waals surface area contributed by atoms with Crippen molar-refractivity contribution in [1.82, 2.24) is 20.5 Å². The van der Waals surface area contributed by atoms with E-state index < -0.39 is 0 Å². The van der Waals surface area contributed by atoms with E-state index >= 15 is 0 Å². The van der Waals surface area contributed by atoms with E-state index in [1.165, 1.54) is 0 Å². The second kappa shape index (κ2) is 6.62. The number of amides is 1. The number of hydrogen-bond donors (Lipinski definition) is 3. The summed E-state index contributed by atoms with van der Waals surface area (Å²) in [7, 11) is 0. The average Bonchev–Trinajstić information content (AvgIpc) is 3.02. The molecule has 3 aromatic rings. The number of carbonyl (C=O) groups is 1. The molecule has 6 nitrogen and oxygen atoms in total. The van der Waals surface area contributed by atoms with E-state index in [9.17, 15) is 4.79 Å².